The van der Waals surface area contributed by atoms with Gasteiger partial charge in [-0.2, -0.15) is 25.0 Å². The Morgan fingerprint density at radius 2 is 1.45 bits per heavy atom. The largest absolute Gasteiger partial charge is 0.350 e. The van der Waals surface area contributed by atoms with Crippen LogP contribution < -0.4 is 33.2 Å². The summed E-state index contributed by atoms with van der Waals surface area (Å²) in [4.78, 5) is 33.8. The average Bonchev–Trinajstić information content (AvgIpc) is 2.42. The molecule has 0 fully saturated rings. The van der Waals surface area contributed by atoms with Crippen LogP contribution in [0, 0.1) is 0 Å². The maximum Gasteiger partial charge on any atom is 0.336 e. The molecule has 0 aliphatic rings. The van der Waals surface area contributed by atoms with E-state index in [4.69, 9.17) is 23.2 Å². The molecule has 4 amide bonds. The average molecular weight is 283 g/mol. The van der Waals surface area contributed by atoms with Gasteiger partial charge in [0.15, 0.2) is 0 Å². The maximum absolute atomic E-state index is 11.0. The van der Waals surface area contributed by atoms with Crippen LogP contribution in [0.25, 0.3) is 0 Å². The van der Waals surface area contributed by atoms with Crippen LogP contribution in [0.3, 0.4) is 0 Å². The fourth-order valence-corrected chi connectivity index (χ4v) is 1.25. The van der Waals surface area contributed by atoms with Crippen LogP contribution in [0.15, 0.2) is 0 Å². The van der Waals surface area contributed by atoms with Gasteiger partial charge in [-0.15, -0.1) is 0 Å². The molecule has 11 nitrogen and oxygen atoms in total. The minimum Gasteiger partial charge on any atom is -0.350 e. The van der Waals surface area contributed by atoms with Crippen LogP contribution in [0.2, 0.25) is 0 Å². The normalized spacial score (nSPS) is 10.2. The van der Waals surface area contributed by atoms with E-state index < -0.39 is 12.1 Å². The van der Waals surface area contributed by atoms with Gasteiger partial charge in [-0.3, -0.25) is 0 Å². The molecule has 11 heteroatoms. The number of carbonyl (C=O) groups excluding carboxylic acids is 2. The van der Waals surface area contributed by atoms with E-state index in [1.165, 1.54) is 0 Å². The van der Waals surface area contributed by atoms with Gasteiger partial charge in [-0.05, 0) is 6.42 Å². The lowest BCUT2D eigenvalue weighted by Crippen LogP contribution is -2.45. The van der Waals surface area contributed by atoms with Crippen molar-refractivity contribution in [3.8, 4) is 0 Å². The zero-order valence-electron chi connectivity index (χ0n) is 11.0. The minimum atomic E-state index is -0.966. The number of hydrogen-bond donors (Lipinski definition) is 4. The number of hydrogen-bond acceptors (Lipinski definition) is 7. The minimum absolute atomic E-state index is 0.217. The summed E-state index contributed by atoms with van der Waals surface area (Å²) in [6, 6.07) is -1.93. The second-order valence-corrected chi connectivity index (χ2v) is 3.87. The number of carbonyl (C=O) groups is 2. The van der Waals surface area contributed by atoms with E-state index in [1.807, 2.05) is 6.92 Å². The molecule has 0 aromatic carbocycles. The number of aryl methyl sites for hydroxylation is 1. The first-order chi connectivity index (χ1) is 9.36. The number of rotatable bonds is 5. The predicted octanol–water partition coefficient (Wildman–Crippen LogP) is -1.27. The molecule has 1 aromatic heterocycles. The highest BCUT2D eigenvalue weighted by Gasteiger charge is 2.18. The molecular weight excluding hydrogens is 266 g/mol. The molecule has 0 aliphatic heterocycles. The van der Waals surface area contributed by atoms with Crippen LogP contribution in [0.1, 0.15) is 25.6 Å². The van der Waals surface area contributed by atoms with Gasteiger partial charge in [0, 0.05) is 6.42 Å². The van der Waals surface area contributed by atoms with Crippen molar-refractivity contribution in [2.45, 2.75) is 26.2 Å². The number of nitrogens with two attached hydrogens (primary N) is 4. The lowest BCUT2D eigenvalue weighted by Gasteiger charge is -2.16. The number of urea groups is 2. The Hall–Kier alpha value is -2.53. The molecule has 0 unspecified atom stereocenters. The SMILES string of the molecule is CCCCc1nc(N(N)C(N)=O)nc(N(N)C(N)=O)n1. The summed E-state index contributed by atoms with van der Waals surface area (Å²) >= 11 is 0. The second-order valence-electron chi connectivity index (χ2n) is 3.87. The van der Waals surface area contributed by atoms with Crippen LogP contribution in [0.5, 0.6) is 0 Å². The zero-order valence-corrected chi connectivity index (χ0v) is 11.0. The number of hydrazine groups is 2. The zero-order chi connectivity index (χ0) is 15.3. The fraction of sp³-hybridized carbons (Fsp3) is 0.444. The molecule has 20 heavy (non-hydrogen) atoms. The third kappa shape index (κ3) is 3.73. The van der Waals surface area contributed by atoms with Gasteiger partial charge in [0.25, 0.3) is 11.9 Å². The first-order valence-electron chi connectivity index (χ1n) is 5.80. The lowest BCUT2D eigenvalue weighted by atomic mass is 10.2. The van der Waals surface area contributed by atoms with Crippen molar-refractivity contribution in [1.29, 1.82) is 0 Å². The Bertz CT molecular complexity index is 468. The van der Waals surface area contributed by atoms with Crippen molar-refractivity contribution in [2.24, 2.45) is 23.2 Å². The van der Waals surface area contributed by atoms with Crippen molar-refractivity contribution in [1.82, 2.24) is 15.0 Å². The smallest absolute Gasteiger partial charge is 0.336 e. The molecule has 0 saturated heterocycles. The molecule has 0 aliphatic carbocycles. The summed E-state index contributed by atoms with van der Waals surface area (Å²) in [5.74, 6) is 10.7. The Morgan fingerprint density at radius 1 is 1.00 bits per heavy atom. The first-order valence-corrected chi connectivity index (χ1v) is 5.80. The van der Waals surface area contributed by atoms with Crippen molar-refractivity contribution in [3.63, 3.8) is 0 Å². The van der Waals surface area contributed by atoms with Crippen LogP contribution in [-0.2, 0) is 6.42 Å². The maximum atomic E-state index is 11.0. The predicted molar refractivity (Wildman–Crippen MR) is 70.9 cm³/mol. The van der Waals surface area contributed by atoms with Gasteiger partial charge in [-0.1, -0.05) is 13.3 Å². The summed E-state index contributed by atoms with van der Waals surface area (Å²) in [6.45, 7) is 1.99. The van der Waals surface area contributed by atoms with Gasteiger partial charge < -0.3 is 11.5 Å². The third-order valence-electron chi connectivity index (χ3n) is 2.32. The van der Waals surface area contributed by atoms with E-state index in [2.05, 4.69) is 15.0 Å². The fourth-order valence-electron chi connectivity index (χ4n) is 1.25. The summed E-state index contributed by atoms with van der Waals surface area (Å²) < 4.78 is 0. The Balaban J connectivity index is 3.20. The highest BCUT2D eigenvalue weighted by molar-refractivity contribution is 5.89. The number of unbranched alkanes of at least 4 members (excludes halogenated alkanes) is 1. The Morgan fingerprint density at radius 3 is 1.80 bits per heavy atom. The number of nitrogens with zero attached hydrogens (tertiary/aromatic N) is 5. The summed E-state index contributed by atoms with van der Waals surface area (Å²) in [5.41, 5.74) is 10.1. The highest BCUT2D eigenvalue weighted by Crippen LogP contribution is 2.12. The molecule has 1 aromatic rings. The van der Waals surface area contributed by atoms with Crippen LogP contribution in [0.4, 0.5) is 21.5 Å². The standard InChI is InChI=1S/C9H17N9O2/c1-2-3-4-5-14-8(17(12)6(10)19)16-9(15-5)18(13)7(11)20/h2-4,12-13H2,1H3,(H2,10,19)(H2,11,20). The molecule has 0 atom stereocenters. The van der Waals surface area contributed by atoms with Gasteiger partial charge in [-0.25, -0.2) is 21.3 Å². The summed E-state index contributed by atoms with van der Waals surface area (Å²) in [6.07, 6.45) is 2.20. The van der Waals surface area contributed by atoms with Gasteiger partial charge in [0.1, 0.15) is 5.82 Å². The van der Waals surface area contributed by atoms with E-state index in [9.17, 15) is 9.59 Å². The number of primary amides is 2. The van der Waals surface area contributed by atoms with Crippen LogP contribution >= 0.6 is 0 Å². The number of anilines is 2. The summed E-state index contributed by atoms with van der Waals surface area (Å²) in [7, 11) is 0. The topological polar surface area (TPSA) is 183 Å². The highest BCUT2D eigenvalue weighted by atomic mass is 16.2. The number of aromatic nitrogens is 3. The van der Waals surface area contributed by atoms with Gasteiger partial charge >= 0.3 is 12.1 Å². The first kappa shape index (κ1) is 15.5. The van der Waals surface area contributed by atoms with E-state index >= 15 is 0 Å². The molecule has 8 N–H and O–H groups in total. The quantitative estimate of drug-likeness (QED) is 0.295. The van der Waals surface area contributed by atoms with Gasteiger partial charge in [0.05, 0.1) is 0 Å². The monoisotopic (exact) mass is 283 g/mol. The second kappa shape index (κ2) is 6.58. The molecule has 0 radical (unpaired) electrons. The molecule has 0 bridgehead atoms. The molecule has 1 heterocycles. The molecular formula is C9H17N9O2. The van der Waals surface area contributed by atoms with Crippen LogP contribution in [-0.4, -0.2) is 27.0 Å². The van der Waals surface area contributed by atoms with Gasteiger partial charge in [0.2, 0.25) is 0 Å². The van der Waals surface area contributed by atoms with Crippen molar-refractivity contribution >= 4 is 24.0 Å². The molecule has 110 valence electrons. The lowest BCUT2D eigenvalue weighted by molar-refractivity contribution is 0.253. The van der Waals surface area contributed by atoms with E-state index in [1.54, 1.807) is 0 Å². The van der Waals surface area contributed by atoms with E-state index in [0.717, 1.165) is 12.8 Å². The van der Waals surface area contributed by atoms with Crippen molar-refractivity contribution in [3.05, 3.63) is 5.82 Å². The van der Waals surface area contributed by atoms with Crippen molar-refractivity contribution < 1.29 is 9.59 Å². The summed E-state index contributed by atoms with van der Waals surface area (Å²) in [5, 5.41) is 1.05. The molecule has 0 spiro atoms. The number of amides is 4. The van der Waals surface area contributed by atoms with Crippen molar-refractivity contribution in [2.75, 3.05) is 10.0 Å². The molecule has 1 rings (SSSR count). The molecule has 0 saturated carbocycles. The van der Waals surface area contributed by atoms with E-state index in [0.29, 0.717) is 22.3 Å². The Labute approximate surface area is 114 Å². The third-order valence-corrected chi connectivity index (χ3v) is 2.32. The Kier molecular flexibility index (Phi) is 5.11. The van der Waals surface area contributed by atoms with E-state index in [-0.39, 0.29) is 11.9 Å².